The maximum atomic E-state index is 12.6. The second kappa shape index (κ2) is 6.16. The van der Waals surface area contributed by atoms with Gasteiger partial charge in [0.15, 0.2) is 5.41 Å². The summed E-state index contributed by atoms with van der Waals surface area (Å²) in [5.74, 6) is -0.999. The molecule has 0 saturated carbocycles. The van der Waals surface area contributed by atoms with Gasteiger partial charge in [-0.05, 0) is 19.9 Å². The molecule has 2 rings (SSSR count). The van der Waals surface area contributed by atoms with E-state index in [2.05, 4.69) is 0 Å². The maximum absolute atomic E-state index is 12.6. The molecule has 1 aromatic carbocycles. The highest BCUT2D eigenvalue weighted by atomic mass is 16.6. The number of carbonyl (C=O) groups is 2. The molecule has 1 atom stereocenters. The van der Waals surface area contributed by atoms with E-state index in [4.69, 9.17) is 14.2 Å². The molecule has 0 aromatic heterocycles. The normalized spacial score (nSPS) is 19.1. The summed E-state index contributed by atoms with van der Waals surface area (Å²) in [5, 5.41) is 0. The lowest BCUT2D eigenvalue weighted by atomic mass is 9.69. The fourth-order valence-electron chi connectivity index (χ4n) is 2.72. The Hall–Kier alpha value is -2.04. The van der Waals surface area contributed by atoms with Crippen molar-refractivity contribution >= 4 is 11.9 Å². The zero-order valence-electron chi connectivity index (χ0n) is 12.5. The summed E-state index contributed by atoms with van der Waals surface area (Å²) in [7, 11) is 0. The van der Waals surface area contributed by atoms with E-state index in [0.717, 1.165) is 0 Å². The molecule has 21 heavy (non-hydrogen) atoms. The number of hydrogen-bond donors (Lipinski definition) is 0. The average Bonchev–Trinajstić information content (AvgIpc) is 2.47. The van der Waals surface area contributed by atoms with Crippen molar-refractivity contribution in [2.45, 2.75) is 26.2 Å². The summed E-state index contributed by atoms with van der Waals surface area (Å²) >= 11 is 0. The Labute approximate surface area is 124 Å². The molecule has 114 valence electrons. The first-order chi connectivity index (χ1) is 10.1. The molecular weight excluding hydrogens is 272 g/mol. The molecule has 0 aliphatic carbocycles. The van der Waals surface area contributed by atoms with Crippen molar-refractivity contribution in [1.29, 1.82) is 0 Å². The number of para-hydroxylation sites is 1. The molecule has 0 radical (unpaired) electrons. The van der Waals surface area contributed by atoms with E-state index in [0.29, 0.717) is 11.3 Å². The maximum Gasteiger partial charge on any atom is 0.328 e. The third-order valence-electron chi connectivity index (χ3n) is 3.73. The monoisotopic (exact) mass is 292 g/mol. The fourth-order valence-corrected chi connectivity index (χ4v) is 2.72. The van der Waals surface area contributed by atoms with E-state index in [1.54, 1.807) is 45.0 Å². The molecule has 0 amide bonds. The minimum Gasteiger partial charge on any atom is -0.493 e. The number of rotatable bonds is 4. The highest BCUT2D eigenvalue weighted by molar-refractivity contribution is 6.07. The smallest absolute Gasteiger partial charge is 0.328 e. The third-order valence-corrected chi connectivity index (χ3v) is 3.73. The Bertz CT molecular complexity index is 519. The topological polar surface area (TPSA) is 61.8 Å². The molecule has 0 spiro atoms. The third kappa shape index (κ3) is 2.37. The molecule has 1 aromatic rings. The van der Waals surface area contributed by atoms with E-state index in [1.807, 2.05) is 0 Å². The Morgan fingerprint density at radius 2 is 1.76 bits per heavy atom. The van der Waals surface area contributed by atoms with Crippen LogP contribution in [0.25, 0.3) is 0 Å². The van der Waals surface area contributed by atoms with Gasteiger partial charge in [0, 0.05) is 11.5 Å². The molecule has 1 aliphatic heterocycles. The fraction of sp³-hybridized carbons (Fsp3) is 0.500. The molecule has 1 aliphatic rings. The molecule has 1 heterocycles. The van der Waals surface area contributed by atoms with Crippen molar-refractivity contribution in [3.8, 4) is 5.75 Å². The average molecular weight is 292 g/mol. The van der Waals surface area contributed by atoms with Crippen LogP contribution in [0.2, 0.25) is 0 Å². The van der Waals surface area contributed by atoms with Gasteiger partial charge in [0.05, 0.1) is 19.8 Å². The summed E-state index contributed by atoms with van der Waals surface area (Å²) in [6, 6.07) is 7.04. The second-order valence-corrected chi connectivity index (χ2v) is 4.96. The van der Waals surface area contributed by atoms with Crippen molar-refractivity contribution in [1.82, 2.24) is 0 Å². The zero-order valence-corrected chi connectivity index (χ0v) is 12.5. The van der Waals surface area contributed by atoms with Gasteiger partial charge in [0.2, 0.25) is 0 Å². The van der Waals surface area contributed by atoms with Crippen LogP contribution in [-0.2, 0) is 24.5 Å². The van der Waals surface area contributed by atoms with E-state index in [-0.39, 0.29) is 25.7 Å². The van der Waals surface area contributed by atoms with Crippen LogP contribution in [0.5, 0.6) is 5.75 Å². The summed E-state index contributed by atoms with van der Waals surface area (Å²) < 4.78 is 16.0. The number of fused-ring (bicyclic) bond motifs is 1. The molecule has 1 unspecified atom stereocenters. The van der Waals surface area contributed by atoms with Gasteiger partial charge in [-0.3, -0.25) is 9.59 Å². The standard InChI is InChI=1S/C16H20O5/c1-4-19-14(17)16(15(18)20-5-2)11(3)10-21-13-9-7-6-8-12(13)16/h6-9,11H,4-5,10H2,1-3H3. The molecule has 5 nitrogen and oxygen atoms in total. The van der Waals surface area contributed by atoms with Crippen LogP contribution >= 0.6 is 0 Å². The van der Waals surface area contributed by atoms with Crippen LogP contribution in [0.4, 0.5) is 0 Å². The van der Waals surface area contributed by atoms with Gasteiger partial charge in [0.1, 0.15) is 5.75 Å². The molecule has 0 saturated heterocycles. The Morgan fingerprint density at radius 3 is 2.33 bits per heavy atom. The molecule has 0 fully saturated rings. The van der Waals surface area contributed by atoms with Gasteiger partial charge in [-0.1, -0.05) is 25.1 Å². The van der Waals surface area contributed by atoms with Crippen LogP contribution in [0.15, 0.2) is 24.3 Å². The van der Waals surface area contributed by atoms with Crippen molar-refractivity contribution in [3.63, 3.8) is 0 Å². The van der Waals surface area contributed by atoms with Gasteiger partial charge in [-0.2, -0.15) is 0 Å². The number of ether oxygens (including phenoxy) is 3. The Balaban J connectivity index is 2.62. The summed E-state index contributed by atoms with van der Waals surface area (Å²) in [4.78, 5) is 25.3. The highest BCUT2D eigenvalue weighted by Gasteiger charge is 2.58. The number of esters is 2. The van der Waals surface area contributed by atoms with E-state index in [9.17, 15) is 9.59 Å². The van der Waals surface area contributed by atoms with Gasteiger partial charge >= 0.3 is 11.9 Å². The van der Waals surface area contributed by atoms with Crippen molar-refractivity contribution < 1.29 is 23.8 Å². The summed E-state index contributed by atoms with van der Waals surface area (Å²) in [6.45, 7) is 5.89. The lowest BCUT2D eigenvalue weighted by Crippen LogP contribution is -2.54. The molecule has 0 bridgehead atoms. The van der Waals surface area contributed by atoms with E-state index >= 15 is 0 Å². The number of benzene rings is 1. The molecule has 0 N–H and O–H groups in total. The quantitative estimate of drug-likeness (QED) is 0.628. The molecular formula is C16H20O5. The lowest BCUT2D eigenvalue weighted by molar-refractivity contribution is -0.169. The number of carbonyl (C=O) groups excluding carboxylic acids is 2. The minimum atomic E-state index is -1.46. The van der Waals surface area contributed by atoms with Crippen LogP contribution in [0, 0.1) is 5.92 Å². The highest BCUT2D eigenvalue weighted by Crippen LogP contribution is 2.44. The van der Waals surface area contributed by atoms with Gasteiger partial charge in [0.25, 0.3) is 0 Å². The van der Waals surface area contributed by atoms with Gasteiger partial charge in [-0.25, -0.2) is 0 Å². The summed E-state index contributed by atoms with van der Waals surface area (Å²) in [6.07, 6.45) is 0. The van der Waals surface area contributed by atoms with Crippen molar-refractivity contribution in [3.05, 3.63) is 29.8 Å². The van der Waals surface area contributed by atoms with Crippen LogP contribution in [0.1, 0.15) is 26.3 Å². The largest absolute Gasteiger partial charge is 0.493 e. The molecule has 5 heteroatoms. The predicted molar refractivity (Wildman–Crippen MR) is 76.0 cm³/mol. The first-order valence-corrected chi connectivity index (χ1v) is 7.15. The van der Waals surface area contributed by atoms with Gasteiger partial charge < -0.3 is 14.2 Å². The zero-order chi connectivity index (χ0) is 15.5. The predicted octanol–water partition coefficient (Wildman–Crippen LogP) is 2.08. The first kappa shape index (κ1) is 15.4. The minimum absolute atomic E-state index is 0.204. The van der Waals surface area contributed by atoms with E-state index in [1.165, 1.54) is 0 Å². The second-order valence-electron chi connectivity index (χ2n) is 4.96. The number of hydrogen-bond acceptors (Lipinski definition) is 5. The van der Waals surface area contributed by atoms with Crippen molar-refractivity contribution in [2.24, 2.45) is 5.92 Å². The lowest BCUT2D eigenvalue weighted by Gasteiger charge is -2.39. The van der Waals surface area contributed by atoms with Crippen LogP contribution in [0.3, 0.4) is 0 Å². The van der Waals surface area contributed by atoms with Gasteiger partial charge in [-0.15, -0.1) is 0 Å². The summed E-state index contributed by atoms with van der Waals surface area (Å²) in [5.41, 5.74) is -0.943. The van der Waals surface area contributed by atoms with E-state index < -0.39 is 17.4 Å². The SMILES string of the molecule is CCOC(=O)C1(C(=O)OCC)c2ccccc2OCC1C. The Morgan fingerprint density at radius 1 is 1.19 bits per heavy atom. The van der Waals surface area contributed by atoms with Crippen LogP contribution < -0.4 is 4.74 Å². The first-order valence-electron chi connectivity index (χ1n) is 7.15. The Kier molecular flexibility index (Phi) is 4.50. The van der Waals surface area contributed by atoms with Crippen molar-refractivity contribution in [2.75, 3.05) is 19.8 Å². The van der Waals surface area contributed by atoms with Crippen LogP contribution in [-0.4, -0.2) is 31.8 Å².